The lowest BCUT2D eigenvalue weighted by Gasteiger charge is -2.18. The van der Waals surface area contributed by atoms with Crippen LogP contribution in [-0.2, 0) is 27.1 Å². The largest absolute Gasteiger partial charge is 0.464 e. The number of benzene rings is 2. The molecule has 0 aliphatic carbocycles. The van der Waals surface area contributed by atoms with Crippen molar-refractivity contribution in [1.82, 2.24) is 10.3 Å². The average molecular weight is 523 g/mol. The fourth-order valence-electron chi connectivity index (χ4n) is 3.03. The topological polar surface area (TPSA) is 86.8 Å². The number of ether oxygens (including phenoxy) is 3. The molecule has 0 saturated heterocycles. The van der Waals surface area contributed by atoms with Gasteiger partial charge in [-0.2, -0.15) is 13.2 Å². The summed E-state index contributed by atoms with van der Waals surface area (Å²) < 4.78 is 54.9. The summed E-state index contributed by atoms with van der Waals surface area (Å²) in [6.45, 7) is 1.76. The maximum Gasteiger partial charge on any atom is 0.416 e. The molecule has 1 aromatic heterocycles. The summed E-state index contributed by atoms with van der Waals surface area (Å²) in [6, 6.07) is 13.5. The van der Waals surface area contributed by atoms with E-state index in [0.29, 0.717) is 6.07 Å². The van der Waals surface area contributed by atoms with Gasteiger partial charge in [0.05, 0.1) is 30.4 Å². The molecule has 0 spiro atoms. The highest BCUT2D eigenvalue weighted by Gasteiger charge is 2.31. The van der Waals surface area contributed by atoms with Gasteiger partial charge in [-0.15, -0.1) is 0 Å². The summed E-state index contributed by atoms with van der Waals surface area (Å²) in [5.74, 6) is -1.78. The molecule has 0 aliphatic rings. The quantitative estimate of drug-likeness (QED) is 0.358. The smallest absolute Gasteiger partial charge is 0.416 e. The zero-order valence-corrected chi connectivity index (χ0v) is 19.8. The van der Waals surface area contributed by atoms with Gasteiger partial charge in [0.25, 0.3) is 5.91 Å². The Morgan fingerprint density at radius 1 is 1.08 bits per heavy atom. The molecule has 11 heteroatoms. The van der Waals surface area contributed by atoms with Gasteiger partial charge < -0.3 is 19.5 Å². The van der Waals surface area contributed by atoms with E-state index in [1.54, 1.807) is 6.92 Å². The number of amides is 1. The predicted molar refractivity (Wildman–Crippen MR) is 125 cm³/mol. The van der Waals surface area contributed by atoms with E-state index in [1.165, 1.54) is 18.3 Å². The molecule has 7 nitrogen and oxygen atoms in total. The normalized spacial score (nSPS) is 12.0. The minimum absolute atomic E-state index is 0.0779. The first-order valence-corrected chi connectivity index (χ1v) is 11.2. The first kappa shape index (κ1) is 27.0. The molecule has 2 aromatic carbocycles. The third kappa shape index (κ3) is 7.43. The third-order valence-electron chi connectivity index (χ3n) is 4.75. The monoisotopic (exact) mass is 522 g/mol. The minimum Gasteiger partial charge on any atom is -0.464 e. The molecule has 1 amide bonds. The van der Waals surface area contributed by atoms with Crippen molar-refractivity contribution in [3.63, 3.8) is 0 Å². The van der Waals surface area contributed by atoms with E-state index in [2.05, 4.69) is 10.3 Å². The van der Waals surface area contributed by atoms with Crippen molar-refractivity contribution >= 4 is 23.5 Å². The van der Waals surface area contributed by atoms with Crippen LogP contribution in [0.2, 0.25) is 5.02 Å². The van der Waals surface area contributed by atoms with E-state index in [4.69, 9.17) is 25.8 Å². The van der Waals surface area contributed by atoms with Crippen molar-refractivity contribution in [3.05, 3.63) is 88.6 Å². The van der Waals surface area contributed by atoms with E-state index in [-0.39, 0.29) is 42.0 Å². The predicted octanol–water partition coefficient (Wildman–Crippen LogP) is 5.42. The molecule has 1 heterocycles. The van der Waals surface area contributed by atoms with Crippen molar-refractivity contribution in [3.8, 4) is 11.6 Å². The molecular formula is C25H22ClF3N2O5. The van der Waals surface area contributed by atoms with Gasteiger partial charge in [0, 0.05) is 6.20 Å². The minimum atomic E-state index is -4.58. The van der Waals surface area contributed by atoms with E-state index >= 15 is 0 Å². The van der Waals surface area contributed by atoms with E-state index < -0.39 is 29.7 Å². The SMILES string of the molecule is CCOC(=O)[C@@H](COCc1ccccc1)NC(=O)c1cccnc1Oc1ccc(C(F)(F)F)cc1Cl. The maximum atomic E-state index is 13.0. The van der Waals surface area contributed by atoms with Gasteiger partial charge >= 0.3 is 12.1 Å². The number of hydrogen-bond donors (Lipinski definition) is 1. The van der Waals surface area contributed by atoms with Crippen molar-refractivity contribution < 1.29 is 37.0 Å². The molecule has 0 unspecified atom stereocenters. The van der Waals surface area contributed by atoms with Crippen molar-refractivity contribution in [1.29, 1.82) is 0 Å². The fraction of sp³-hybridized carbons (Fsp3) is 0.240. The van der Waals surface area contributed by atoms with Gasteiger partial charge in [-0.3, -0.25) is 4.79 Å². The highest BCUT2D eigenvalue weighted by molar-refractivity contribution is 6.32. The van der Waals surface area contributed by atoms with Crippen LogP contribution >= 0.6 is 11.6 Å². The van der Waals surface area contributed by atoms with Crippen LogP contribution in [0.4, 0.5) is 13.2 Å². The summed E-state index contributed by atoms with van der Waals surface area (Å²) >= 11 is 5.95. The van der Waals surface area contributed by atoms with Crippen molar-refractivity contribution in [2.24, 2.45) is 0 Å². The molecule has 190 valence electrons. The van der Waals surface area contributed by atoms with Gasteiger partial charge in [0.2, 0.25) is 5.88 Å². The van der Waals surface area contributed by atoms with Crippen molar-refractivity contribution in [2.45, 2.75) is 25.7 Å². The molecule has 36 heavy (non-hydrogen) atoms. The highest BCUT2D eigenvalue weighted by atomic mass is 35.5. The number of halogens is 4. The van der Waals surface area contributed by atoms with Crippen LogP contribution in [0, 0.1) is 0 Å². The zero-order valence-electron chi connectivity index (χ0n) is 19.0. The van der Waals surface area contributed by atoms with Crippen molar-refractivity contribution in [2.75, 3.05) is 13.2 Å². The second-order valence-corrected chi connectivity index (χ2v) is 7.79. The number of hydrogen-bond acceptors (Lipinski definition) is 6. The molecule has 1 N–H and O–H groups in total. The number of esters is 1. The Bertz CT molecular complexity index is 1190. The molecule has 3 aromatic rings. The van der Waals surface area contributed by atoms with Gasteiger partial charge in [-0.1, -0.05) is 41.9 Å². The molecule has 0 fully saturated rings. The number of rotatable bonds is 10. The Kier molecular flexibility index (Phi) is 9.26. The Morgan fingerprint density at radius 2 is 1.83 bits per heavy atom. The number of nitrogens with zero attached hydrogens (tertiary/aromatic N) is 1. The Labute approximate surface area is 210 Å². The summed E-state index contributed by atoms with van der Waals surface area (Å²) in [7, 11) is 0. The van der Waals surface area contributed by atoms with Crippen LogP contribution in [0.1, 0.15) is 28.4 Å². The molecule has 1 atom stereocenters. The summed E-state index contributed by atoms with van der Waals surface area (Å²) in [5.41, 5.74) is -0.153. The first-order chi connectivity index (χ1) is 17.2. The number of carbonyl (C=O) groups is 2. The Hall–Kier alpha value is -3.63. The summed E-state index contributed by atoms with van der Waals surface area (Å²) in [4.78, 5) is 29.4. The molecular weight excluding hydrogens is 501 g/mol. The first-order valence-electron chi connectivity index (χ1n) is 10.8. The standard InChI is InChI=1S/C25H22ClF3N2O5/c1-2-35-24(33)20(15-34-14-16-7-4-3-5-8-16)31-22(32)18-9-6-12-30-23(18)36-21-11-10-17(13-19(21)26)25(27,28)29/h3-13,20H,2,14-15H2,1H3,(H,31,32)/t20-/m1/s1. The van der Waals surface area contributed by atoms with Crippen LogP contribution in [0.15, 0.2) is 66.9 Å². The van der Waals surface area contributed by atoms with Crippen LogP contribution in [0.25, 0.3) is 0 Å². The lowest BCUT2D eigenvalue weighted by atomic mass is 10.2. The number of pyridine rings is 1. The van der Waals surface area contributed by atoms with Crippen LogP contribution < -0.4 is 10.1 Å². The van der Waals surface area contributed by atoms with Crippen LogP contribution in [0.3, 0.4) is 0 Å². The molecule has 0 bridgehead atoms. The van der Waals surface area contributed by atoms with Crippen LogP contribution in [-0.4, -0.2) is 36.1 Å². The average Bonchev–Trinajstić information content (AvgIpc) is 2.85. The number of carbonyl (C=O) groups excluding carboxylic acids is 2. The summed E-state index contributed by atoms with van der Waals surface area (Å²) in [6.07, 6.45) is -3.25. The van der Waals surface area contributed by atoms with Gasteiger partial charge in [-0.05, 0) is 42.8 Å². The second-order valence-electron chi connectivity index (χ2n) is 7.38. The number of alkyl halides is 3. The third-order valence-corrected chi connectivity index (χ3v) is 5.05. The Morgan fingerprint density at radius 3 is 2.50 bits per heavy atom. The maximum absolute atomic E-state index is 13.0. The fourth-order valence-corrected chi connectivity index (χ4v) is 3.24. The highest BCUT2D eigenvalue weighted by Crippen LogP contribution is 2.36. The van der Waals surface area contributed by atoms with Gasteiger partial charge in [0.15, 0.2) is 6.04 Å². The summed E-state index contributed by atoms with van der Waals surface area (Å²) in [5, 5.41) is 2.21. The zero-order chi connectivity index (χ0) is 26.1. The molecule has 0 aliphatic heterocycles. The molecule has 0 saturated carbocycles. The lowest BCUT2D eigenvalue weighted by Crippen LogP contribution is -2.45. The lowest BCUT2D eigenvalue weighted by molar-refractivity contribution is -0.147. The van der Waals surface area contributed by atoms with Gasteiger partial charge in [-0.25, -0.2) is 9.78 Å². The molecule has 0 radical (unpaired) electrons. The van der Waals surface area contributed by atoms with E-state index in [1.807, 2.05) is 30.3 Å². The number of aromatic nitrogens is 1. The second kappa shape index (κ2) is 12.4. The molecule has 3 rings (SSSR count). The van der Waals surface area contributed by atoms with Crippen LogP contribution in [0.5, 0.6) is 11.6 Å². The van der Waals surface area contributed by atoms with E-state index in [0.717, 1.165) is 17.7 Å². The Balaban J connectivity index is 1.74. The van der Waals surface area contributed by atoms with Gasteiger partial charge in [0.1, 0.15) is 11.3 Å². The van der Waals surface area contributed by atoms with E-state index in [9.17, 15) is 22.8 Å². The number of nitrogens with one attached hydrogen (secondary N) is 1.